The van der Waals surface area contributed by atoms with Crippen molar-refractivity contribution in [2.24, 2.45) is 17.2 Å². The van der Waals surface area contributed by atoms with E-state index in [1.54, 1.807) is 30.3 Å². The van der Waals surface area contributed by atoms with E-state index in [1.165, 1.54) is 0 Å². The molecule has 37 heavy (non-hydrogen) atoms. The van der Waals surface area contributed by atoms with Gasteiger partial charge in [-0.2, -0.15) is 0 Å². The number of carbonyl (C=O) groups is 7. The van der Waals surface area contributed by atoms with Crippen molar-refractivity contribution < 1.29 is 43.8 Å². The van der Waals surface area contributed by atoms with Gasteiger partial charge in [0.05, 0.1) is 18.9 Å². The fraction of sp³-hybridized carbons (Fsp3) is 0.409. The molecule has 5 amide bonds. The Bertz CT molecular complexity index is 1020. The Morgan fingerprint density at radius 3 is 1.76 bits per heavy atom. The molecule has 0 radical (unpaired) electrons. The highest BCUT2D eigenvalue weighted by Gasteiger charge is 2.31. The summed E-state index contributed by atoms with van der Waals surface area (Å²) in [5, 5.41) is 24.9. The maximum atomic E-state index is 13.0. The van der Waals surface area contributed by atoms with Gasteiger partial charge >= 0.3 is 11.9 Å². The SMILES string of the molecule is NC(=O)CC(N)C(=O)NC(CC(N)=O)C(=O)NC(Cc1ccccc1)C(=O)NC(CCC(=O)O)C(=O)O. The minimum atomic E-state index is -1.59. The van der Waals surface area contributed by atoms with Crippen LogP contribution in [-0.4, -0.2) is 75.9 Å². The summed E-state index contributed by atoms with van der Waals surface area (Å²) in [4.78, 5) is 83.0. The maximum absolute atomic E-state index is 13.0. The number of primary amides is 2. The molecule has 1 aromatic carbocycles. The summed E-state index contributed by atoms with van der Waals surface area (Å²) >= 11 is 0. The van der Waals surface area contributed by atoms with Gasteiger partial charge in [-0.3, -0.25) is 28.8 Å². The predicted molar refractivity (Wildman–Crippen MR) is 126 cm³/mol. The number of carbonyl (C=O) groups excluding carboxylic acids is 5. The Balaban J connectivity index is 3.13. The second-order valence-electron chi connectivity index (χ2n) is 8.09. The smallest absolute Gasteiger partial charge is 0.326 e. The van der Waals surface area contributed by atoms with E-state index in [0.717, 1.165) is 0 Å². The first-order chi connectivity index (χ1) is 17.3. The van der Waals surface area contributed by atoms with Crippen molar-refractivity contribution in [1.82, 2.24) is 16.0 Å². The van der Waals surface area contributed by atoms with Crippen molar-refractivity contribution in [3.05, 3.63) is 35.9 Å². The topological polar surface area (TPSA) is 274 Å². The number of hydrogen-bond acceptors (Lipinski definition) is 8. The third-order valence-electron chi connectivity index (χ3n) is 4.97. The van der Waals surface area contributed by atoms with Crippen molar-refractivity contribution in [2.75, 3.05) is 0 Å². The zero-order chi connectivity index (χ0) is 28.1. The van der Waals surface area contributed by atoms with Gasteiger partial charge in [-0.05, 0) is 12.0 Å². The van der Waals surface area contributed by atoms with E-state index in [9.17, 15) is 38.7 Å². The molecule has 0 fully saturated rings. The zero-order valence-electron chi connectivity index (χ0n) is 19.7. The number of carboxylic acid groups (broad SMARTS) is 2. The van der Waals surface area contributed by atoms with Crippen LogP contribution in [0.1, 0.15) is 31.2 Å². The Kier molecular flexibility index (Phi) is 12.2. The molecule has 11 N–H and O–H groups in total. The Morgan fingerprint density at radius 2 is 1.24 bits per heavy atom. The van der Waals surface area contributed by atoms with E-state index in [2.05, 4.69) is 16.0 Å². The lowest BCUT2D eigenvalue weighted by atomic mass is 10.0. The number of nitrogens with one attached hydrogen (secondary N) is 3. The maximum Gasteiger partial charge on any atom is 0.326 e. The number of benzene rings is 1. The number of carboxylic acids is 2. The second-order valence-corrected chi connectivity index (χ2v) is 8.09. The second kappa shape index (κ2) is 14.8. The minimum Gasteiger partial charge on any atom is -0.481 e. The molecule has 0 heterocycles. The van der Waals surface area contributed by atoms with Gasteiger partial charge in [0.1, 0.15) is 18.1 Å². The number of hydrogen-bond donors (Lipinski definition) is 8. The van der Waals surface area contributed by atoms with Crippen molar-refractivity contribution >= 4 is 41.5 Å². The van der Waals surface area contributed by atoms with Crippen LogP contribution in [0.15, 0.2) is 30.3 Å². The number of nitrogens with two attached hydrogens (primary N) is 3. The quantitative estimate of drug-likeness (QED) is 0.107. The third-order valence-corrected chi connectivity index (χ3v) is 4.97. The number of aliphatic carboxylic acids is 2. The number of amides is 5. The van der Waals surface area contributed by atoms with E-state index < -0.39 is 91.3 Å². The van der Waals surface area contributed by atoms with Crippen LogP contribution >= 0.6 is 0 Å². The van der Waals surface area contributed by atoms with Gasteiger partial charge in [-0.1, -0.05) is 30.3 Å². The van der Waals surface area contributed by atoms with Gasteiger partial charge in [0, 0.05) is 12.8 Å². The van der Waals surface area contributed by atoms with Gasteiger partial charge in [0.25, 0.3) is 0 Å². The summed E-state index contributed by atoms with van der Waals surface area (Å²) in [5.74, 6) is -7.57. The van der Waals surface area contributed by atoms with Crippen LogP contribution in [0.5, 0.6) is 0 Å². The summed E-state index contributed by atoms with van der Waals surface area (Å²) in [6.45, 7) is 0. The van der Waals surface area contributed by atoms with Gasteiger partial charge in [0.2, 0.25) is 29.5 Å². The molecular formula is C22H30N6O9. The van der Waals surface area contributed by atoms with Crippen molar-refractivity contribution in [3.63, 3.8) is 0 Å². The molecule has 0 aliphatic heterocycles. The first-order valence-corrected chi connectivity index (χ1v) is 11.0. The summed E-state index contributed by atoms with van der Waals surface area (Å²) in [7, 11) is 0. The van der Waals surface area contributed by atoms with Crippen LogP contribution in [-0.2, 0) is 40.0 Å². The van der Waals surface area contributed by atoms with Gasteiger partial charge < -0.3 is 43.4 Å². The van der Waals surface area contributed by atoms with Gasteiger partial charge in [-0.15, -0.1) is 0 Å². The normalized spacial score (nSPS) is 13.8. The predicted octanol–water partition coefficient (Wildman–Crippen LogP) is -3.29. The van der Waals surface area contributed by atoms with Crippen LogP contribution in [0.2, 0.25) is 0 Å². The van der Waals surface area contributed by atoms with Crippen molar-refractivity contribution in [1.29, 1.82) is 0 Å². The van der Waals surface area contributed by atoms with Crippen LogP contribution in [0.3, 0.4) is 0 Å². The standard InChI is InChI=1S/C22H30N6O9/c23-12(9-16(24)29)19(33)27-15(10-17(25)30)21(35)28-14(8-11-4-2-1-3-5-11)20(34)26-13(22(36)37)6-7-18(31)32/h1-5,12-15H,6-10,23H2,(H2,24,29)(H2,25,30)(H,26,34)(H,27,33)(H,28,35)(H,31,32)(H,36,37). The van der Waals surface area contributed by atoms with Gasteiger partial charge in [-0.25, -0.2) is 4.79 Å². The summed E-state index contributed by atoms with van der Waals surface area (Å²) in [6.07, 6.45) is -2.30. The molecule has 0 aromatic heterocycles. The lowest BCUT2D eigenvalue weighted by molar-refractivity contribution is -0.143. The van der Waals surface area contributed by atoms with E-state index in [4.69, 9.17) is 22.3 Å². The summed E-state index contributed by atoms with van der Waals surface area (Å²) < 4.78 is 0. The van der Waals surface area contributed by atoms with Crippen molar-refractivity contribution in [2.45, 2.75) is 56.3 Å². The van der Waals surface area contributed by atoms with Crippen LogP contribution < -0.4 is 33.2 Å². The largest absolute Gasteiger partial charge is 0.481 e. The average molecular weight is 523 g/mol. The molecule has 1 aromatic rings. The molecule has 0 aliphatic rings. The molecule has 0 bridgehead atoms. The Labute approximate surface area is 211 Å². The fourth-order valence-electron chi connectivity index (χ4n) is 3.13. The summed E-state index contributed by atoms with van der Waals surface area (Å²) in [6, 6.07) is 2.34. The van der Waals surface area contributed by atoms with Crippen LogP contribution in [0, 0.1) is 0 Å². The van der Waals surface area contributed by atoms with E-state index in [0.29, 0.717) is 5.56 Å². The van der Waals surface area contributed by atoms with E-state index in [1.807, 2.05) is 0 Å². The molecule has 15 nitrogen and oxygen atoms in total. The lowest BCUT2D eigenvalue weighted by Gasteiger charge is -2.25. The molecule has 0 saturated carbocycles. The lowest BCUT2D eigenvalue weighted by Crippen LogP contribution is -2.58. The molecule has 202 valence electrons. The highest BCUT2D eigenvalue weighted by Crippen LogP contribution is 2.07. The average Bonchev–Trinajstić information content (AvgIpc) is 2.80. The van der Waals surface area contributed by atoms with Crippen LogP contribution in [0.25, 0.3) is 0 Å². The highest BCUT2D eigenvalue weighted by molar-refractivity contribution is 5.97. The molecule has 0 aliphatic carbocycles. The minimum absolute atomic E-state index is 0.123. The molecular weight excluding hydrogens is 492 g/mol. The number of rotatable bonds is 16. The third kappa shape index (κ3) is 11.6. The Morgan fingerprint density at radius 1 is 0.730 bits per heavy atom. The Hall–Kier alpha value is -4.53. The van der Waals surface area contributed by atoms with Crippen LogP contribution in [0.4, 0.5) is 0 Å². The van der Waals surface area contributed by atoms with Crippen molar-refractivity contribution in [3.8, 4) is 0 Å². The first-order valence-electron chi connectivity index (χ1n) is 11.0. The molecule has 4 unspecified atom stereocenters. The summed E-state index contributed by atoms with van der Waals surface area (Å²) in [5.41, 5.74) is 16.3. The highest BCUT2D eigenvalue weighted by atomic mass is 16.4. The molecule has 4 atom stereocenters. The molecule has 1 rings (SSSR count). The fourth-order valence-corrected chi connectivity index (χ4v) is 3.13. The zero-order valence-corrected chi connectivity index (χ0v) is 19.7. The molecule has 0 spiro atoms. The monoisotopic (exact) mass is 522 g/mol. The van der Waals surface area contributed by atoms with E-state index in [-0.39, 0.29) is 6.42 Å². The molecule has 0 saturated heterocycles. The first kappa shape index (κ1) is 30.5. The molecule has 15 heteroatoms. The van der Waals surface area contributed by atoms with E-state index >= 15 is 0 Å². The van der Waals surface area contributed by atoms with Gasteiger partial charge in [0.15, 0.2) is 0 Å².